The smallest absolute Gasteiger partial charge is 0.407 e. The highest BCUT2D eigenvalue weighted by Gasteiger charge is 2.53. The minimum atomic E-state index is -0.924. The van der Waals surface area contributed by atoms with Crippen LogP contribution in [-0.2, 0) is 14.9 Å². The number of amides is 1. The normalized spacial score (nSPS) is 25.3. The summed E-state index contributed by atoms with van der Waals surface area (Å²) in [4.78, 5) is 22.6. The van der Waals surface area contributed by atoms with Gasteiger partial charge in [-0.25, -0.2) is 4.79 Å². The Morgan fingerprint density at radius 2 is 1.89 bits per heavy atom. The van der Waals surface area contributed by atoms with Crippen molar-refractivity contribution < 1.29 is 19.4 Å². The van der Waals surface area contributed by atoms with Gasteiger partial charge in [-0.15, -0.1) is 0 Å². The van der Waals surface area contributed by atoms with Crippen LogP contribution in [0.5, 0.6) is 0 Å². The highest BCUT2D eigenvalue weighted by atomic mass is 16.6. The van der Waals surface area contributed by atoms with Crippen LogP contribution in [0.2, 0.25) is 0 Å². The van der Waals surface area contributed by atoms with Gasteiger partial charge in [0, 0.05) is 19.9 Å². The van der Waals surface area contributed by atoms with Crippen molar-refractivity contribution in [1.82, 2.24) is 5.32 Å². The van der Waals surface area contributed by atoms with E-state index in [1.165, 1.54) is 7.05 Å². The number of alkyl carbamates (subject to hydrolysis) is 1. The van der Waals surface area contributed by atoms with Crippen LogP contribution < -0.4 is 5.32 Å². The molecular weight excluding hydrogens is 246 g/mol. The van der Waals surface area contributed by atoms with Gasteiger partial charge >= 0.3 is 12.1 Å². The van der Waals surface area contributed by atoms with Gasteiger partial charge in [0.15, 0.2) is 0 Å². The number of aryl methyl sites for hydroxylation is 1. The zero-order valence-corrected chi connectivity index (χ0v) is 11.0. The average Bonchev–Trinajstić information content (AvgIpc) is 2.33. The molecule has 1 aliphatic rings. The van der Waals surface area contributed by atoms with E-state index in [9.17, 15) is 14.7 Å². The first kappa shape index (κ1) is 13.4. The molecule has 0 spiro atoms. The molecule has 0 radical (unpaired) electrons. The van der Waals surface area contributed by atoms with Crippen molar-refractivity contribution in [2.75, 3.05) is 7.05 Å². The monoisotopic (exact) mass is 263 g/mol. The molecular formula is C14H17NO4. The van der Waals surface area contributed by atoms with Crippen molar-refractivity contribution in [2.24, 2.45) is 0 Å². The summed E-state index contributed by atoms with van der Waals surface area (Å²) in [5.74, 6) is -0.867. The predicted molar refractivity (Wildman–Crippen MR) is 69.1 cm³/mol. The molecule has 1 aliphatic carbocycles. The summed E-state index contributed by atoms with van der Waals surface area (Å²) in [6, 6.07) is 7.46. The second-order valence-corrected chi connectivity index (χ2v) is 4.94. The summed E-state index contributed by atoms with van der Waals surface area (Å²) in [5, 5.41) is 11.8. The molecule has 0 aliphatic heterocycles. The van der Waals surface area contributed by atoms with Crippen LogP contribution in [0, 0.1) is 6.92 Å². The maximum Gasteiger partial charge on any atom is 0.407 e. The number of nitrogens with one attached hydrogen (secondary N) is 1. The molecule has 0 saturated heterocycles. The number of carboxylic acids is 1. The number of aliphatic carboxylic acids is 1. The largest absolute Gasteiger partial charge is 0.481 e. The molecule has 1 amide bonds. The van der Waals surface area contributed by atoms with E-state index in [2.05, 4.69) is 5.32 Å². The van der Waals surface area contributed by atoms with Gasteiger partial charge in [0.1, 0.15) is 6.10 Å². The summed E-state index contributed by atoms with van der Waals surface area (Å²) < 4.78 is 5.07. The Kier molecular flexibility index (Phi) is 3.46. The van der Waals surface area contributed by atoms with Crippen LogP contribution in [0.15, 0.2) is 24.3 Å². The van der Waals surface area contributed by atoms with Gasteiger partial charge in [-0.3, -0.25) is 4.79 Å². The highest BCUT2D eigenvalue weighted by Crippen LogP contribution is 2.45. The van der Waals surface area contributed by atoms with E-state index in [1.54, 1.807) is 0 Å². The van der Waals surface area contributed by atoms with Crippen LogP contribution in [0.3, 0.4) is 0 Å². The number of carboxylic acid groups (broad SMARTS) is 1. The van der Waals surface area contributed by atoms with E-state index in [-0.39, 0.29) is 6.10 Å². The van der Waals surface area contributed by atoms with E-state index >= 15 is 0 Å². The lowest BCUT2D eigenvalue weighted by Gasteiger charge is -2.43. The minimum absolute atomic E-state index is 0.318. The second-order valence-electron chi connectivity index (χ2n) is 4.94. The van der Waals surface area contributed by atoms with Crippen LogP contribution in [-0.4, -0.2) is 30.3 Å². The SMILES string of the molecule is CNC(=O)OC1CC(C(=O)O)(c2ccc(C)cc2)C1. The molecule has 1 saturated carbocycles. The molecule has 5 heteroatoms. The van der Waals surface area contributed by atoms with Crippen molar-refractivity contribution in [2.45, 2.75) is 31.3 Å². The number of benzene rings is 1. The van der Waals surface area contributed by atoms with E-state index in [0.717, 1.165) is 11.1 Å². The van der Waals surface area contributed by atoms with Crippen molar-refractivity contribution in [3.05, 3.63) is 35.4 Å². The Morgan fingerprint density at radius 3 is 2.37 bits per heavy atom. The standard InChI is InChI=1S/C14H17NO4/c1-9-3-5-10(6-4-9)14(12(16)17)7-11(8-14)19-13(18)15-2/h3-6,11H,7-8H2,1-2H3,(H,15,18)(H,16,17). The maximum absolute atomic E-state index is 11.5. The first-order chi connectivity index (χ1) is 8.98. The summed E-state index contributed by atoms with van der Waals surface area (Å²) in [6.07, 6.45) is -0.220. The topological polar surface area (TPSA) is 75.6 Å². The van der Waals surface area contributed by atoms with E-state index in [4.69, 9.17) is 4.74 Å². The molecule has 0 heterocycles. The fourth-order valence-corrected chi connectivity index (χ4v) is 2.42. The molecule has 1 aromatic carbocycles. The third-order valence-corrected chi connectivity index (χ3v) is 3.64. The predicted octanol–water partition coefficient (Wildman–Crippen LogP) is 1.84. The summed E-state index contributed by atoms with van der Waals surface area (Å²) in [6.45, 7) is 1.95. The van der Waals surface area contributed by atoms with Crippen molar-refractivity contribution >= 4 is 12.1 Å². The van der Waals surface area contributed by atoms with E-state index < -0.39 is 17.5 Å². The molecule has 5 nitrogen and oxygen atoms in total. The number of carbonyl (C=O) groups is 2. The van der Waals surface area contributed by atoms with Gasteiger partial charge in [0.25, 0.3) is 0 Å². The van der Waals surface area contributed by atoms with Crippen LogP contribution >= 0.6 is 0 Å². The first-order valence-corrected chi connectivity index (χ1v) is 6.17. The number of hydrogen-bond donors (Lipinski definition) is 2. The minimum Gasteiger partial charge on any atom is -0.481 e. The molecule has 102 valence electrons. The third-order valence-electron chi connectivity index (χ3n) is 3.64. The quantitative estimate of drug-likeness (QED) is 0.872. The molecule has 0 atom stereocenters. The van der Waals surface area contributed by atoms with Gasteiger partial charge in [-0.05, 0) is 12.5 Å². The molecule has 0 aromatic heterocycles. The van der Waals surface area contributed by atoms with Crippen LogP contribution in [0.1, 0.15) is 24.0 Å². The van der Waals surface area contributed by atoms with Crippen LogP contribution in [0.4, 0.5) is 4.79 Å². The third kappa shape index (κ3) is 2.41. The number of ether oxygens (including phenoxy) is 1. The zero-order chi connectivity index (χ0) is 14.0. The molecule has 19 heavy (non-hydrogen) atoms. The average molecular weight is 263 g/mol. The zero-order valence-electron chi connectivity index (χ0n) is 11.0. The molecule has 1 aromatic rings. The number of rotatable bonds is 3. The maximum atomic E-state index is 11.5. The fourth-order valence-electron chi connectivity index (χ4n) is 2.42. The summed E-state index contributed by atoms with van der Waals surface area (Å²) in [7, 11) is 1.48. The Labute approximate surface area is 111 Å². The Balaban J connectivity index is 2.13. The molecule has 0 bridgehead atoms. The fraction of sp³-hybridized carbons (Fsp3) is 0.429. The molecule has 2 rings (SSSR count). The van der Waals surface area contributed by atoms with Crippen LogP contribution in [0.25, 0.3) is 0 Å². The second kappa shape index (κ2) is 4.91. The molecule has 0 unspecified atom stereocenters. The molecule has 1 fully saturated rings. The number of carbonyl (C=O) groups excluding carboxylic acids is 1. The summed E-state index contributed by atoms with van der Waals surface area (Å²) in [5.41, 5.74) is 0.927. The Bertz CT molecular complexity index is 489. The number of hydrogen-bond acceptors (Lipinski definition) is 3. The Morgan fingerprint density at radius 1 is 1.32 bits per heavy atom. The van der Waals surface area contributed by atoms with Gasteiger partial charge < -0.3 is 15.2 Å². The summed E-state index contributed by atoms with van der Waals surface area (Å²) >= 11 is 0. The van der Waals surface area contributed by atoms with Crippen molar-refractivity contribution in [3.63, 3.8) is 0 Å². The lowest BCUT2D eigenvalue weighted by atomic mass is 9.62. The van der Waals surface area contributed by atoms with E-state index in [0.29, 0.717) is 12.8 Å². The highest BCUT2D eigenvalue weighted by molar-refractivity contribution is 5.83. The lowest BCUT2D eigenvalue weighted by Crippen LogP contribution is -2.52. The van der Waals surface area contributed by atoms with Crippen molar-refractivity contribution in [3.8, 4) is 0 Å². The Hall–Kier alpha value is -2.04. The van der Waals surface area contributed by atoms with Gasteiger partial charge in [0.2, 0.25) is 0 Å². The van der Waals surface area contributed by atoms with Crippen molar-refractivity contribution in [1.29, 1.82) is 0 Å². The lowest BCUT2D eigenvalue weighted by molar-refractivity contribution is -0.153. The van der Waals surface area contributed by atoms with Gasteiger partial charge in [-0.2, -0.15) is 0 Å². The van der Waals surface area contributed by atoms with Gasteiger partial charge in [0.05, 0.1) is 5.41 Å². The molecule has 2 N–H and O–H groups in total. The van der Waals surface area contributed by atoms with Gasteiger partial charge in [-0.1, -0.05) is 29.8 Å². The van der Waals surface area contributed by atoms with E-state index in [1.807, 2.05) is 31.2 Å². The first-order valence-electron chi connectivity index (χ1n) is 6.17.